The number of rotatable bonds is 3. The van der Waals surface area contributed by atoms with Gasteiger partial charge in [-0.2, -0.15) is 0 Å². The Morgan fingerprint density at radius 1 is 1.57 bits per heavy atom. The van der Waals surface area contributed by atoms with Gasteiger partial charge < -0.3 is 10.0 Å². The fraction of sp³-hybridized carbons (Fsp3) is 0.909. The summed E-state index contributed by atoms with van der Waals surface area (Å²) >= 11 is 0. The van der Waals surface area contributed by atoms with Crippen molar-refractivity contribution in [2.24, 2.45) is 11.3 Å². The van der Waals surface area contributed by atoms with Crippen molar-refractivity contribution in [3.63, 3.8) is 0 Å². The number of aliphatic hydroxyl groups excluding tert-OH is 1. The molecular formula is C11H21NO2. The van der Waals surface area contributed by atoms with Gasteiger partial charge in [0, 0.05) is 13.1 Å². The van der Waals surface area contributed by atoms with Crippen LogP contribution in [0.4, 0.5) is 0 Å². The second kappa shape index (κ2) is 3.89. The maximum absolute atomic E-state index is 11.5. The van der Waals surface area contributed by atoms with E-state index in [-0.39, 0.29) is 11.3 Å². The second-order valence-corrected chi connectivity index (χ2v) is 5.28. The summed E-state index contributed by atoms with van der Waals surface area (Å²) in [4.78, 5) is 13.2. The monoisotopic (exact) mass is 199 g/mol. The zero-order valence-electron chi connectivity index (χ0n) is 9.58. The van der Waals surface area contributed by atoms with Crippen LogP contribution in [-0.4, -0.2) is 35.1 Å². The molecule has 3 nitrogen and oxygen atoms in total. The summed E-state index contributed by atoms with van der Waals surface area (Å²) in [6.07, 6.45) is -0.153. The van der Waals surface area contributed by atoms with Gasteiger partial charge in [0.25, 0.3) is 0 Å². The molecule has 1 N–H and O–H groups in total. The minimum absolute atomic E-state index is 0.0891. The largest absolute Gasteiger partial charge is 0.391 e. The van der Waals surface area contributed by atoms with Crippen LogP contribution in [-0.2, 0) is 4.79 Å². The SMILES string of the molecule is CC(C)C(C)(C)CN1CC(O)CC1=O. The molecule has 1 aliphatic rings. The molecule has 0 bridgehead atoms. The van der Waals surface area contributed by atoms with Gasteiger partial charge in [-0.1, -0.05) is 27.7 Å². The van der Waals surface area contributed by atoms with Gasteiger partial charge in [0.05, 0.1) is 12.5 Å². The van der Waals surface area contributed by atoms with Gasteiger partial charge in [-0.25, -0.2) is 0 Å². The van der Waals surface area contributed by atoms with Gasteiger partial charge in [0.2, 0.25) is 5.91 Å². The molecule has 3 heteroatoms. The minimum Gasteiger partial charge on any atom is -0.391 e. The number of β-amino-alcohol motifs (C(OH)–C–C–N with tert-alkyl or cyclic N) is 1. The third-order valence-electron chi connectivity index (χ3n) is 3.36. The fourth-order valence-corrected chi connectivity index (χ4v) is 1.58. The van der Waals surface area contributed by atoms with Crippen molar-refractivity contribution in [1.29, 1.82) is 0 Å². The Bertz CT molecular complexity index is 223. The number of aliphatic hydroxyl groups is 1. The second-order valence-electron chi connectivity index (χ2n) is 5.28. The molecular weight excluding hydrogens is 178 g/mol. The molecule has 1 fully saturated rings. The summed E-state index contributed by atoms with van der Waals surface area (Å²) in [6, 6.07) is 0. The predicted molar refractivity (Wildman–Crippen MR) is 55.8 cm³/mol. The molecule has 1 saturated heterocycles. The molecule has 0 aliphatic carbocycles. The first-order valence-corrected chi connectivity index (χ1v) is 5.29. The molecule has 82 valence electrons. The molecule has 1 rings (SSSR count). The van der Waals surface area contributed by atoms with Crippen LogP contribution in [0.5, 0.6) is 0 Å². The highest BCUT2D eigenvalue weighted by atomic mass is 16.3. The molecule has 0 saturated carbocycles. The zero-order chi connectivity index (χ0) is 10.9. The van der Waals surface area contributed by atoms with E-state index in [0.29, 0.717) is 18.9 Å². The summed E-state index contributed by atoms with van der Waals surface area (Å²) < 4.78 is 0. The Morgan fingerprint density at radius 2 is 2.14 bits per heavy atom. The summed E-state index contributed by atoms with van der Waals surface area (Å²) in [5.74, 6) is 0.624. The maximum Gasteiger partial charge on any atom is 0.225 e. The van der Waals surface area contributed by atoms with E-state index in [1.165, 1.54) is 0 Å². The predicted octanol–water partition coefficient (Wildman–Crippen LogP) is 1.26. The first kappa shape index (κ1) is 11.5. The van der Waals surface area contributed by atoms with Crippen molar-refractivity contribution in [3.05, 3.63) is 0 Å². The highest BCUT2D eigenvalue weighted by Gasteiger charge is 2.33. The molecule has 0 aromatic heterocycles. The maximum atomic E-state index is 11.5. The van der Waals surface area contributed by atoms with E-state index in [1.54, 1.807) is 4.90 Å². The highest BCUT2D eigenvalue weighted by Crippen LogP contribution is 2.28. The van der Waals surface area contributed by atoms with Crippen LogP contribution >= 0.6 is 0 Å². The van der Waals surface area contributed by atoms with Crippen LogP contribution in [0.25, 0.3) is 0 Å². The summed E-state index contributed by atoms with van der Waals surface area (Å²) in [7, 11) is 0. The Balaban J connectivity index is 2.56. The minimum atomic E-state index is -0.453. The van der Waals surface area contributed by atoms with Crippen molar-refractivity contribution in [1.82, 2.24) is 4.90 Å². The Morgan fingerprint density at radius 3 is 2.50 bits per heavy atom. The van der Waals surface area contributed by atoms with E-state index in [4.69, 9.17) is 0 Å². The summed E-state index contributed by atoms with van der Waals surface area (Å²) in [5, 5.41) is 9.34. The standard InChI is InChI=1S/C11H21NO2/c1-8(2)11(3,4)7-12-6-9(13)5-10(12)14/h8-9,13H,5-7H2,1-4H3. The van der Waals surface area contributed by atoms with Crippen LogP contribution in [0.1, 0.15) is 34.1 Å². The number of hydrogen-bond donors (Lipinski definition) is 1. The first-order chi connectivity index (χ1) is 6.33. The molecule has 1 unspecified atom stereocenters. The summed E-state index contributed by atoms with van der Waals surface area (Å²) in [6.45, 7) is 9.91. The number of carbonyl (C=O) groups is 1. The lowest BCUT2D eigenvalue weighted by Crippen LogP contribution is -2.38. The normalized spacial score (nSPS) is 23.7. The summed E-state index contributed by atoms with van der Waals surface area (Å²) in [5.41, 5.74) is 0.125. The van der Waals surface area contributed by atoms with E-state index in [9.17, 15) is 9.90 Å². The molecule has 1 aliphatic heterocycles. The van der Waals surface area contributed by atoms with Crippen LogP contribution in [0.15, 0.2) is 0 Å². The molecule has 1 atom stereocenters. The van der Waals surface area contributed by atoms with Crippen molar-refractivity contribution in [2.75, 3.05) is 13.1 Å². The van der Waals surface area contributed by atoms with Crippen LogP contribution in [0.3, 0.4) is 0 Å². The van der Waals surface area contributed by atoms with E-state index in [0.717, 1.165) is 6.54 Å². The lowest BCUT2D eigenvalue weighted by Gasteiger charge is -2.33. The number of nitrogens with zero attached hydrogens (tertiary/aromatic N) is 1. The molecule has 1 heterocycles. The molecule has 1 amide bonds. The lowest BCUT2D eigenvalue weighted by atomic mass is 9.81. The number of carbonyl (C=O) groups excluding carboxylic acids is 1. The van der Waals surface area contributed by atoms with Gasteiger partial charge in [-0.3, -0.25) is 4.79 Å². The van der Waals surface area contributed by atoms with E-state index in [2.05, 4.69) is 27.7 Å². The third-order valence-corrected chi connectivity index (χ3v) is 3.36. The Kier molecular flexibility index (Phi) is 3.20. The first-order valence-electron chi connectivity index (χ1n) is 5.29. The van der Waals surface area contributed by atoms with Gasteiger partial charge >= 0.3 is 0 Å². The molecule has 0 aromatic rings. The van der Waals surface area contributed by atoms with Gasteiger partial charge in [0.1, 0.15) is 0 Å². The third kappa shape index (κ3) is 2.47. The van der Waals surface area contributed by atoms with Crippen LogP contribution in [0.2, 0.25) is 0 Å². The van der Waals surface area contributed by atoms with Crippen molar-refractivity contribution in [3.8, 4) is 0 Å². The average Bonchev–Trinajstić information content (AvgIpc) is 2.29. The zero-order valence-corrected chi connectivity index (χ0v) is 9.58. The van der Waals surface area contributed by atoms with E-state index in [1.807, 2.05) is 0 Å². The van der Waals surface area contributed by atoms with Gasteiger partial charge in [-0.15, -0.1) is 0 Å². The lowest BCUT2D eigenvalue weighted by molar-refractivity contribution is -0.129. The number of hydrogen-bond acceptors (Lipinski definition) is 2. The van der Waals surface area contributed by atoms with Crippen LogP contribution in [0, 0.1) is 11.3 Å². The fourth-order valence-electron chi connectivity index (χ4n) is 1.58. The number of amides is 1. The smallest absolute Gasteiger partial charge is 0.225 e. The van der Waals surface area contributed by atoms with Gasteiger partial charge in [0.15, 0.2) is 0 Å². The quantitative estimate of drug-likeness (QED) is 0.743. The van der Waals surface area contributed by atoms with E-state index < -0.39 is 6.10 Å². The molecule has 14 heavy (non-hydrogen) atoms. The molecule has 0 spiro atoms. The van der Waals surface area contributed by atoms with Crippen molar-refractivity contribution in [2.45, 2.75) is 40.2 Å². The molecule has 0 radical (unpaired) electrons. The van der Waals surface area contributed by atoms with Gasteiger partial charge in [-0.05, 0) is 11.3 Å². The highest BCUT2D eigenvalue weighted by molar-refractivity contribution is 5.79. The van der Waals surface area contributed by atoms with Crippen molar-refractivity contribution >= 4 is 5.91 Å². The molecule has 0 aromatic carbocycles. The van der Waals surface area contributed by atoms with Crippen molar-refractivity contribution < 1.29 is 9.90 Å². The number of likely N-dealkylation sites (tertiary alicyclic amines) is 1. The van der Waals surface area contributed by atoms with Crippen LogP contribution < -0.4 is 0 Å². The Hall–Kier alpha value is -0.570. The van der Waals surface area contributed by atoms with E-state index >= 15 is 0 Å². The average molecular weight is 199 g/mol. The Labute approximate surface area is 86.1 Å². The topological polar surface area (TPSA) is 40.5 Å².